The number of ketones is 1. The van der Waals surface area contributed by atoms with Gasteiger partial charge in [-0.3, -0.25) is 4.79 Å². The van der Waals surface area contributed by atoms with Gasteiger partial charge < -0.3 is 10.1 Å². The first-order valence-electron chi connectivity index (χ1n) is 5.85. The zero-order valence-electron chi connectivity index (χ0n) is 9.29. The fraction of sp³-hybridized carbons (Fsp3) is 0.750. The summed E-state index contributed by atoms with van der Waals surface area (Å²) in [6, 6.07) is 0. The van der Waals surface area contributed by atoms with Crippen molar-refractivity contribution in [2.45, 2.75) is 26.2 Å². The number of nitrogens with one attached hydrogen (secondary N) is 1. The van der Waals surface area contributed by atoms with Gasteiger partial charge in [-0.05, 0) is 37.8 Å². The Kier molecular flexibility index (Phi) is 3.41. The third-order valence-corrected chi connectivity index (χ3v) is 3.12. The fourth-order valence-electron chi connectivity index (χ4n) is 2.29. The summed E-state index contributed by atoms with van der Waals surface area (Å²) < 4.78 is 5.41. The van der Waals surface area contributed by atoms with E-state index in [0.717, 1.165) is 32.4 Å². The van der Waals surface area contributed by atoms with Crippen LogP contribution in [0.1, 0.15) is 26.2 Å². The van der Waals surface area contributed by atoms with Crippen LogP contribution in [0.25, 0.3) is 0 Å². The van der Waals surface area contributed by atoms with Crippen molar-refractivity contribution in [1.29, 1.82) is 0 Å². The molecule has 3 nitrogen and oxygen atoms in total. The number of hydrogen-bond donors (Lipinski definition) is 1. The second-order valence-corrected chi connectivity index (χ2v) is 4.62. The molecule has 2 rings (SSSR count). The van der Waals surface area contributed by atoms with Crippen molar-refractivity contribution in [2.24, 2.45) is 11.8 Å². The van der Waals surface area contributed by atoms with Crippen molar-refractivity contribution in [1.82, 2.24) is 5.32 Å². The maximum Gasteiger partial charge on any atom is 0.201 e. The Morgan fingerprint density at radius 2 is 2.40 bits per heavy atom. The molecular formula is C12H19NO2. The highest BCUT2D eigenvalue weighted by Gasteiger charge is 2.28. The Labute approximate surface area is 90.9 Å². The average molecular weight is 209 g/mol. The van der Waals surface area contributed by atoms with E-state index in [1.54, 1.807) is 0 Å². The molecule has 0 radical (unpaired) electrons. The lowest BCUT2D eigenvalue weighted by Gasteiger charge is -2.27. The van der Waals surface area contributed by atoms with Crippen LogP contribution in [-0.4, -0.2) is 25.5 Å². The van der Waals surface area contributed by atoms with Gasteiger partial charge in [0.1, 0.15) is 0 Å². The molecule has 1 fully saturated rings. The topological polar surface area (TPSA) is 38.3 Å². The molecule has 0 aromatic rings. The number of rotatable bonds is 2. The number of ether oxygens (including phenoxy) is 1. The van der Waals surface area contributed by atoms with Crippen LogP contribution in [0.3, 0.4) is 0 Å². The quantitative estimate of drug-likeness (QED) is 0.749. The summed E-state index contributed by atoms with van der Waals surface area (Å²) in [6.45, 7) is 4.73. The van der Waals surface area contributed by atoms with Crippen LogP contribution in [0, 0.1) is 11.8 Å². The number of hydrogen-bond acceptors (Lipinski definition) is 3. The first-order chi connectivity index (χ1) is 7.27. The Hall–Kier alpha value is -0.830. The summed E-state index contributed by atoms with van der Waals surface area (Å²) in [7, 11) is 0. The molecule has 2 atom stereocenters. The standard InChI is InChI=1S/C12H19NO2/c1-9-6-10(8-13-7-9)12(14)11-4-2-3-5-15-11/h4,9-10,13H,2-3,5-8H2,1H3. The van der Waals surface area contributed by atoms with E-state index in [4.69, 9.17) is 4.74 Å². The predicted molar refractivity (Wildman–Crippen MR) is 58.4 cm³/mol. The SMILES string of the molecule is CC1CNCC(C(=O)C2=CCCCO2)C1. The van der Waals surface area contributed by atoms with Gasteiger partial charge in [-0.25, -0.2) is 0 Å². The molecule has 0 saturated carbocycles. The molecule has 1 N–H and O–H groups in total. The monoisotopic (exact) mass is 209 g/mol. The van der Waals surface area contributed by atoms with Gasteiger partial charge in [0.15, 0.2) is 5.76 Å². The second kappa shape index (κ2) is 4.79. The van der Waals surface area contributed by atoms with Crippen LogP contribution >= 0.6 is 0 Å². The molecule has 2 aliphatic heterocycles. The highest BCUT2D eigenvalue weighted by molar-refractivity contribution is 5.95. The molecule has 3 heteroatoms. The molecule has 2 unspecified atom stereocenters. The lowest BCUT2D eigenvalue weighted by molar-refractivity contribution is -0.123. The highest BCUT2D eigenvalue weighted by Crippen LogP contribution is 2.22. The van der Waals surface area contributed by atoms with E-state index in [-0.39, 0.29) is 11.7 Å². The third kappa shape index (κ3) is 2.59. The average Bonchev–Trinajstić information content (AvgIpc) is 2.29. The molecule has 1 saturated heterocycles. The number of piperidine rings is 1. The van der Waals surface area contributed by atoms with Gasteiger partial charge in [0.2, 0.25) is 5.78 Å². The number of carbonyl (C=O) groups excluding carboxylic acids is 1. The van der Waals surface area contributed by atoms with Gasteiger partial charge in [0, 0.05) is 12.5 Å². The number of allylic oxidation sites excluding steroid dienone is 2. The van der Waals surface area contributed by atoms with Crippen LogP contribution in [-0.2, 0) is 9.53 Å². The molecule has 84 valence electrons. The van der Waals surface area contributed by atoms with Crippen molar-refractivity contribution in [3.05, 3.63) is 11.8 Å². The van der Waals surface area contributed by atoms with E-state index in [1.165, 1.54) is 0 Å². The normalized spacial score (nSPS) is 31.7. The molecule has 0 amide bonds. The van der Waals surface area contributed by atoms with Crippen LogP contribution < -0.4 is 5.32 Å². The Morgan fingerprint density at radius 3 is 3.07 bits per heavy atom. The summed E-state index contributed by atoms with van der Waals surface area (Å²) in [4.78, 5) is 12.1. The summed E-state index contributed by atoms with van der Waals surface area (Å²) in [5, 5.41) is 3.30. The van der Waals surface area contributed by atoms with Crippen molar-refractivity contribution in [3.8, 4) is 0 Å². The number of Topliss-reactive ketones (excluding diaryl/α,β-unsaturated/α-hetero) is 1. The summed E-state index contributed by atoms with van der Waals surface area (Å²) in [5.41, 5.74) is 0. The van der Waals surface area contributed by atoms with E-state index in [2.05, 4.69) is 12.2 Å². The maximum atomic E-state index is 12.1. The largest absolute Gasteiger partial charge is 0.490 e. The molecule has 0 aromatic carbocycles. The van der Waals surface area contributed by atoms with Gasteiger partial charge in [-0.15, -0.1) is 0 Å². The second-order valence-electron chi connectivity index (χ2n) is 4.62. The Bertz CT molecular complexity index is 273. The van der Waals surface area contributed by atoms with Gasteiger partial charge >= 0.3 is 0 Å². The van der Waals surface area contributed by atoms with Gasteiger partial charge in [0.25, 0.3) is 0 Å². The van der Waals surface area contributed by atoms with Crippen molar-refractivity contribution < 1.29 is 9.53 Å². The fourth-order valence-corrected chi connectivity index (χ4v) is 2.29. The van der Waals surface area contributed by atoms with E-state index in [0.29, 0.717) is 18.3 Å². The van der Waals surface area contributed by atoms with Gasteiger partial charge in [-0.1, -0.05) is 6.92 Å². The van der Waals surface area contributed by atoms with E-state index in [9.17, 15) is 4.79 Å². The third-order valence-electron chi connectivity index (χ3n) is 3.12. The minimum atomic E-state index is 0.123. The molecule has 15 heavy (non-hydrogen) atoms. The lowest BCUT2D eigenvalue weighted by atomic mass is 9.87. The predicted octanol–water partition coefficient (Wildman–Crippen LogP) is 1.50. The number of carbonyl (C=O) groups is 1. The molecule has 2 heterocycles. The van der Waals surface area contributed by atoms with Crippen LogP contribution in [0.15, 0.2) is 11.8 Å². The first-order valence-corrected chi connectivity index (χ1v) is 5.85. The maximum absolute atomic E-state index is 12.1. The van der Waals surface area contributed by atoms with E-state index >= 15 is 0 Å². The van der Waals surface area contributed by atoms with Gasteiger partial charge in [0.05, 0.1) is 6.61 Å². The van der Waals surface area contributed by atoms with Crippen LogP contribution in [0.2, 0.25) is 0 Å². The summed E-state index contributed by atoms with van der Waals surface area (Å²) in [5.74, 6) is 1.53. The van der Waals surface area contributed by atoms with E-state index in [1.807, 2.05) is 6.08 Å². The molecule has 0 spiro atoms. The zero-order valence-corrected chi connectivity index (χ0v) is 9.29. The highest BCUT2D eigenvalue weighted by atomic mass is 16.5. The summed E-state index contributed by atoms with van der Waals surface area (Å²) >= 11 is 0. The van der Waals surface area contributed by atoms with Crippen molar-refractivity contribution >= 4 is 5.78 Å². The summed E-state index contributed by atoms with van der Waals surface area (Å²) in [6.07, 6.45) is 4.96. The van der Waals surface area contributed by atoms with E-state index < -0.39 is 0 Å². The minimum absolute atomic E-state index is 0.123. The molecule has 2 aliphatic rings. The lowest BCUT2D eigenvalue weighted by Crippen LogP contribution is -2.39. The van der Waals surface area contributed by atoms with Gasteiger partial charge in [-0.2, -0.15) is 0 Å². The Morgan fingerprint density at radius 1 is 1.53 bits per heavy atom. The Balaban J connectivity index is 1.97. The van der Waals surface area contributed by atoms with Crippen LogP contribution in [0.5, 0.6) is 0 Å². The molecule has 0 aliphatic carbocycles. The minimum Gasteiger partial charge on any atom is -0.490 e. The molecule has 0 aromatic heterocycles. The van der Waals surface area contributed by atoms with Crippen molar-refractivity contribution in [2.75, 3.05) is 19.7 Å². The molecular weight excluding hydrogens is 190 g/mol. The van der Waals surface area contributed by atoms with Crippen molar-refractivity contribution in [3.63, 3.8) is 0 Å². The zero-order chi connectivity index (χ0) is 10.7. The first kappa shape index (κ1) is 10.7. The molecule has 0 bridgehead atoms. The smallest absolute Gasteiger partial charge is 0.201 e. The van der Waals surface area contributed by atoms with Crippen LogP contribution in [0.4, 0.5) is 0 Å².